The van der Waals surface area contributed by atoms with Gasteiger partial charge in [0, 0.05) is 38.1 Å². The van der Waals surface area contributed by atoms with Crippen LogP contribution in [0.25, 0.3) is 11.1 Å². The molecule has 2 aromatic carbocycles. The molecule has 1 fully saturated rings. The fourth-order valence-corrected chi connectivity index (χ4v) is 4.00. The van der Waals surface area contributed by atoms with E-state index >= 15 is 0 Å². The van der Waals surface area contributed by atoms with Gasteiger partial charge in [0.05, 0.1) is 5.56 Å². The number of carbonyl (C=O) groups excluding carboxylic acids is 1. The third-order valence-corrected chi connectivity index (χ3v) is 5.97. The number of piperidine rings is 1. The molecule has 0 saturated carbocycles. The molecular formula is C25H25F3N4O. The highest BCUT2D eigenvalue weighted by Gasteiger charge is 2.32. The first-order chi connectivity index (χ1) is 15.8. The van der Waals surface area contributed by atoms with E-state index in [-0.39, 0.29) is 12.1 Å². The van der Waals surface area contributed by atoms with Crippen molar-refractivity contribution >= 4 is 17.5 Å². The Bertz CT molecular complexity index is 1080. The lowest BCUT2D eigenvalue weighted by Gasteiger charge is -2.37. The Morgan fingerprint density at radius 2 is 1.64 bits per heavy atom. The first-order valence-electron chi connectivity index (χ1n) is 10.8. The van der Waals surface area contributed by atoms with Gasteiger partial charge in [-0.05, 0) is 48.2 Å². The molecule has 1 aliphatic heterocycles. The summed E-state index contributed by atoms with van der Waals surface area (Å²) >= 11 is 0. The summed E-state index contributed by atoms with van der Waals surface area (Å²) in [7, 11) is 1.75. The quantitative estimate of drug-likeness (QED) is 0.534. The second-order valence-corrected chi connectivity index (χ2v) is 8.10. The Kier molecular flexibility index (Phi) is 6.53. The fourth-order valence-electron chi connectivity index (χ4n) is 4.00. The van der Waals surface area contributed by atoms with E-state index in [0.717, 1.165) is 23.3 Å². The Hall–Kier alpha value is -3.55. The van der Waals surface area contributed by atoms with Crippen LogP contribution in [-0.4, -0.2) is 42.1 Å². The summed E-state index contributed by atoms with van der Waals surface area (Å²) in [6, 6.07) is 19.5. The predicted molar refractivity (Wildman–Crippen MR) is 123 cm³/mol. The molecule has 172 valence electrons. The molecule has 8 heteroatoms. The van der Waals surface area contributed by atoms with Crippen molar-refractivity contribution in [2.24, 2.45) is 0 Å². The van der Waals surface area contributed by atoms with E-state index in [1.54, 1.807) is 11.9 Å². The number of anilines is 2. The minimum Gasteiger partial charge on any atom is -0.356 e. The zero-order valence-electron chi connectivity index (χ0n) is 18.2. The normalized spacial score (nSPS) is 14.7. The number of urea groups is 1. The molecule has 5 nitrogen and oxygen atoms in total. The molecule has 2 amide bonds. The Labute approximate surface area is 190 Å². The number of carbonyl (C=O) groups is 1. The van der Waals surface area contributed by atoms with E-state index in [2.05, 4.69) is 10.3 Å². The molecule has 1 N–H and O–H groups in total. The molecule has 3 aromatic rings. The molecule has 0 radical (unpaired) electrons. The van der Waals surface area contributed by atoms with Crippen LogP contribution in [0.4, 0.5) is 29.5 Å². The molecule has 0 spiro atoms. The third kappa shape index (κ3) is 5.45. The molecule has 2 heterocycles. The first-order valence-corrected chi connectivity index (χ1v) is 10.8. The van der Waals surface area contributed by atoms with Crippen molar-refractivity contribution in [3.8, 4) is 11.1 Å². The van der Waals surface area contributed by atoms with E-state index in [1.165, 1.54) is 6.20 Å². The van der Waals surface area contributed by atoms with Crippen molar-refractivity contribution in [2.45, 2.75) is 25.1 Å². The van der Waals surface area contributed by atoms with Crippen LogP contribution in [-0.2, 0) is 6.18 Å². The van der Waals surface area contributed by atoms with E-state index in [0.29, 0.717) is 37.4 Å². The number of rotatable bonds is 4. The number of hydrogen-bond acceptors (Lipinski definition) is 3. The van der Waals surface area contributed by atoms with E-state index < -0.39 is 11.7 Å². The van der Waals surface area contributed by atoms with Gasteiger partial charge in [-0.3, -0.25) is 0 Å². The van der Waals surface area contributed by atoms with Crippen molar-refractivity contribution in [2.75, 3.05) is 30.4 Å². The van der Waals surface area contributed by atoms with Gasteiger partial charge in [-0.15, -0.1) is 0 Å². The Morgan fingerprint density at radius 3 is 2.27 bits per heavy atom. The lowest BCUT2D eigenvalue weighted by atomic mass is 10.0. The maximum Gasteiger partial charge on any atom is 0.416 e. The highest BCUT2D eigenvalue weighted by Crippen LogP contribution is 2.31. The van der Waals surface area contributed by atoms with Crippen LogP contribution in [0.3, 0.4) is 0 Å². The van der Waals surface area contributed by atoms with Crippen LogP contribution in [0, 0.1) is 0 Å². The van der Waals surface area contributed by atoms with Gasteiger partial charge in [0.15, 0.2) is 0 Å². The number of alkyl halides is 3. The van der Waals surface area contributed by atoms with Crippen molar-refractivity contribution in [1.29, 1.82) is 0 Å². The molecule has 0 unspecified atom stereocenters. The third-order valence-electron chi connectivity index (χ3n) is 5.97. The molecule has 0 aliphatic carbocycles. The maximum atomic E-state index is 13.0. The van der Waals surface area contributed by atoms with Crippen molar-refractivity contribution in [3.05, 3.63) is 78.5 Å². The second kappa shape index (κ2) is 9.52. The highest BCUT2D eigenvalue weighted by atomic mass is 19.4. The van der Waals surface area contributed by atoms with Gasteiger partial charge < -0.3 is 15.1 Å². The standard InChI is InChI=1S/C25H25F3N4O/c1-31(24(33)30-21-9-7-19(8-10-21)18-5-3-2-4-6-18)22-12-15-32(16-13-22)23-17-20(11-14-29-23)25(26,27)28/h2-11,14,17,22H,12-13,15-16H2,1H3,(H,30,33). The van der Waals surface area contributed by atoms with Crippen LogP contribution in [0.5, 0.6) is 0 Å². The molecule has 4 rings (SSSR count). The summed E-state index contributed by atoms with van der Waals surface area (Å²) in [5, 5.41) is 2.92. The molecule has 1 aromatic heterocycles. The van der Waals surface area contributed by atoms with Crippen molar-refractivity contribution in [1.82, 2.24) is 9.88 Å². The summed E-state index contributed by atoms with van der Waals surface area (Å²) in [4.78, 5) is 20.3. The first kappa shape index (κ1) is 22.6. The zero-order valence-corrected chi connectivity index (χ0v) is 18.2. The Morgan fingerprint density at radius 1 is 1.00 bits per heavy atom. The van der Waals surface area contributed by atoms with E-state index in [1.807, 2.05) is 59.5 Å². The van der Waals surface area contributed by atoms with Gasteiger partial charge in [0.25, 0.3) is 0 Å². The van der Waals surface area contributed by atoms with Crippen LogP contribution in [0.2, 0.25) is 0 Å². The van der Waals surface area contributed by atoms with Crippen molar-refractivity contribution < 1.29 is 18.0 Å². The predicted octanol–water partition coefficient (Wildman–Crippen LogP) is 5.90. The van der Waals surface area contributed by atoms with Gasteiger partial charge in [-0.2, -0.15) is 13.2 Å². The summed E-state index contributed by atoms with van der Waals surface area (Å²) in [6.07, 6.45) is -1.91. The Balaban J connectivity index is 1.32. The number of amides is 2. The van der Waals surface area contributed by atoms with Crippen LogP contribution < -0.4 is 10.2 Å². The molecule has 1 saturated heterocycles. The summed E-state index contributed by atoms with van der Waals surface area (Å²) in [5.74, 6) is 0.314. The maximum absolute atomic E-state index is 13.0. The average Bonchev–Trinajstić information content (AvgIpc) is 2.84. The lowest BCUT2D eigenvalue weighted by molar-refractivity contribution is -0.137. The monoisotopic (exact) mass is 454 g/mol. The van der Waals surface area contributed by atoms with Gasteiger partial charge >= 0.3 is 12.2 Å². The molecule has 1 aliphatic rings. The topological polar surface area (TPSA) is 48.5 Å². The van der Waals surface area contributed by atoms with Gasteiger partial charge in [0.1, 0.15) is 5.82 Å². The molecule has 0 bridgehead atoms. The minimum atomic E-state index is -4.40. The minimum absolute atomic E-state index is 0.00404. The van der Waals surface area contributed by atoms with Gasteiger partial charge in [-0.25, -0.2) is 9.78 Å². The number of nitrogens with zero attached hydrogens (tertiary/aromatic N) is 3. The van der Waals surface area contributed by atoms with Gasteiger partial charge in [0.2, 0.25) is 0 Å². The van der Waals surface area contributed by atoms with Gasteiger partial charge in [-0.1, -0.05) is 42.5 Å². The second-order valence-electron chi connectivity index (χ2n) is 8.10. The summed E-state index contributed by atoms with van der Waals surface area (Å²) in [5.41, 5.74) is 2.17. The highest BCUT2D eigenvalue weighted by molar-refractivity contribution is 5.89. The smallest absolute Gasteiger partial charge is 0.356 e. The SMILES string of the molecule is CN(C(=O)Nc1ccc(-c2ccccc2)cc1)C1CCN(c2cc(C(F)(F)F)ccn2)CC1. The van der Waals surface area contributed by atoms with E-state index in [4.69, 9.17) is 0 Å². The lowest BCUT2D eigenvalue weighted by Crippen LogP contribution is -2.47. The zero-order chi connectivity index (χ0) is 23.4. The molecule has 0 atom stereocenters. The van der Waals surface area contributed by atoms with E-state index in [9.17, 15) is 18.0 Å². The van der Waals surface area contributed by atoms with Crippen LogP contribution >= 0.6 is 0 Å². The van der Waals surface area contributed by atoms with Crippen LogP contribution in [0.15, 0.2) is 72.9 Å². The largest absolute Gasteiger partial charge is 0.416 e. The van der Waals surface area contributed by atoms with Crippen molar-refractivity contribution in [3.63, 3.8) is 0 Å². The number of hydrogen-bond donors (Lipinski definition) is 1. The number of pyridine rings is 1. The average molecular weight is 454 g/mol. The number of benzene rings is 2. The molecular weight excluding hydrogens is 429 g/mol. The molecule has 33 heavy (non-hydrogen) atoms. The summed E-state index contributed by atoms with van der Waals surface area (Å²) in [6.45, 7) is 1.06. The summed E-state index contributed by atoms with van der Waals surface area (Å²) < 4.78 is 38.9. The number of nitrogens with one attached hydrogen (secondary N) is 1. The fraction of sp³-hybridized carbons (Fsp3) is 0.280. The number of halogens is 3. The van der Waals surface area contributed by atoms with Crippen LogP contribution in [0.1, 0.15) is 18.4 Å². The number of aromatic nitrogens is 1.